The molecule has 3 aliphatic rings. The number of carbonyl (C=O) groups is 2. The number of halogens is 1. The molecule has 2 amide bonds. The Morgan fingerprint density at radius 3 is 2.42 bits per heavy atom. The van der Waals surface area contributed by atoms with Gasteiger partial charge in [0, 0.05) is 29.6 Å². The van der Waals surface area contributed by atoms with E-state index in [0.717, 1.165) is 5.56 Å². The molecule has 1 fully saturated rings. The summed E-state index contributed by atoms with van der Waals surface area (Å²) >= 11 is 0. The van der Waals surface area contributed by atoms with Gasteiger partial charge in [-0.05, 0) is 61.7 Å². The van der Waals surface area contributed by atoms with Crippen LogP contribution >= 0.6 is 0 Å². The number of rotatable bonds is 9. The number of alkyl halides is 1. The number of amides is 2. The topological polar surface area (TPSA) is 110 Å². The zero-order valence-electron chi connectivity index (χ0n) is 29.2. The van der Waals surface area contributed by atoms with Gasteiger partial charge in [0.1, 0.15) is 23.2 Å². The van der Waals surface area contributed by atoms with Gasteiger partial charge in [-0.2, -0.15) is 0 Å². The van der Waals surface area contributed by atoms with Gasteiger partial charge in [-0.25, -0.2) is 4.39 Å². The minimum atomic E-state index is -1.71. The summed E-state index contributed by atoms with van der Waals surface area (Å²) in [5, 5.41) is 19.3. The van der Waals surface area contributed by atoms with Crippen molar-refractivity contribution in [2.75, 3.05) is 16.4 Å². The van der Waals surface area contributed by atoms with Crippen molar-refractivity contribution in [3.05, 3.63) is 132 Å². The van der Waals surface area contributed by atoms with E-state index in [9.17, 15) is 14.7 Å². The van der Waals surface area contributed by atoms with E-state index < -0.39 is 35.3 Å². The third-order valence-electron chi connectivity index (χ3n) is 10.7. The van der Waals surface area contributed by atoms with Crippen molar-refractivity contribution in [1.29, 1.82) is 0 Å². The summed E-state index contributed by atoms with van der Waals surface area (Å²) in [4.78, 5) is 31.7. The predicted octanol–water partition coefficient (Wildman–Crippen LogP) is 6.65. The highest BCUT2D eigenvalue weighted by atomic mass is 19.1. The lowest BCUT2D eigenvalue weighted by molar-refractivity contribution is -0.146. The van der Waals surface area contributed by atoms with Gasteiger partial charge in [0.15, 0.2) is 12.2 Å². The normalized spacial score (nSPS) is 23.1. The third-order valence-corrected chi connectivity index (χ3v) is 10.7. The Hall–Kier alpha value is -5.39. The second-order valence-electron chi connectivity index (χ2n) is 14.3. The van der Waals surface area contributed by atoms with Crippen LogP contribution in [0.5, 0.6) is 5.75 Å². The van der Waals surface area contributed by atoms with Crippen LogP contribution in [0, 0.1) is 11.8 Å². The molecule has 1 aromatic heterocycles. The number of nitrogens with zero attached hydrogens (tertiary/aromatic N) is 5. The Morgan fingerprint density at radius 1 is 0.962 bits per heavy atom. The Morgan fingerprint density at radius 2 is 1.67 bits per heavy atom. The smallest absolute Gasteiger partial charge is 0.269 e. The van der Waals surface area contributed by atoms with E-state index in [1.807, 2.05) is 110 Å². The zero-order chi connectivity index (χ0) is 36.2. The first-order chi connectivity index (χ1) is 25.1. The molecule has 4 heterocycles. The highest BCUT2D eigenvalue weighted by molar-refractivity contribution is 6.09. The number of hydrogen-bond donors (Lipinski definition) is 1. The molecule has 10 nitrogen and oxygen atoms in total. The number of carbonyl (C=O) groups excluding carboxylic acids is 2. The summed E-state index contributed by atoms with van der Waals surface area (Å²) in [6.45, 7) is 5.46. The fourth-order valence-corrected chi connectivity index (χ4v) is 8.37. The molecule has 5 atom stereocenters. The van der Waals surface area contributed by atoms with Crippen LogP contribution in [0.25, 0.3) is 0 Å². The lowest BCUT2D eigenvalue weighted by atomic mass is 9.71. The highest BCUT2D eigenvalue weighted by Crippen LogP contribution is 2.59. The molecular weight excluding hydrogens is 661 g/mol. The van der Waals surface area contributed by atoms with E-state index in [-0.39, 0.29) is 18.4 Å². The summed E-state index contributed by atoms with van der Waals surface area (Å²) < 4.78 is 30.8. The molecule has 1 N–H and O–H groups in total. The minimum absolute atomic E-state index is 0.127. The molecule has 1 saturated heterocycles. The van der Waals surface area contributed by atoms with Gasteiger partial charge in [-0.3, -0.25) is 19.2 Å². The number of aryl methyl sites for hydroxylation is 1. The Bertz CT molecular complexity index is 2120. The summed E-state index contributed by atoms with van der Waals surface area (Å²) in [6, 6.07) is 31.8. The van der Waals surface area contributed by atoms with Crippen LogP contribution in [0.4, 0.5) is 21.5 Å². The highest BCUT2D eigenvalue weighted by Gasteiger charge is 2.66. The average Bonchev–Trinajstić information content (AvgIpc) is 3.81. The van der Waals surface area contributed by atoms with Crippen LogP contribution in [0.2, 0.25) is 0 Å². The van der Waals surface area contributed by atoms with Crippen molar-refractivity contribution in [3.8, 4) is 5.75 Å². The van der Waals surface area contributed by atoms with Gasteiger partial charge in [0.25, 0.3) is 11.8 Å². The van der Waals surface area contributed by atoms with Crippen LogP contribution in [0.3, 0.4) is 0 Å². The van der Waals surface area contributed by atoms with E-state index in [0.29, 0.717) is 59.1 Å². The number of fused-ring (bicyclic) bond motifs is 3. The molecule has 3 aliphatic heterocycles. The van der Waals surface area contributed by atoms with Crippen LogP contribution in [0.15, 0.2) is 109 Å². The van der Waals surface area contributed by atoms with E-state index in [1.54, 1.807) is 20.7 Å². The molecule has 8 rings (SSSR count). The summed E-state index contributed by atoms with van der Waals surface area (Å²) in [7, 11) is 0. The Balaban J connectivity index is 1.17. The number of para-hydroxylation sites is 2. The van der Waals surface area contributed by atoms with Gasteiger partial charge in [0.05, 0.1) is 30.2 Å². The van der Waals surface area contributed by atoms with E-state index in [1.165, 1.54) is 13.8 Å². The summed E-state index contributed by atoms with van der Waals surface area (Å²) in [5.41, 5.74) is 1.22. The lowest BCUT2D eigenvalue weighted by Gasteiger charge is -2.33. The zero-order valence-corrected chi connectivity index (χ0v) is 29.2. The minimum Gasteiger partial charge on any atom is -0.482 e. The molecule has 0 saturated carbocycles. The lowest BCUT2D eigenvalue weighted by Crippen LogP contribution is -2.45. The maximum atomic E-state index is 16.4. The van der Waals surface area contributed by atoms with Gasteiger partial charge in [-0.15, -0.1) is 5.10 Å². The maximum Gasteiger partial charge on any atom is 0.269 e. The number of aliphatic hydroxyl groups excluding tert-OH is 1. The first-order valence-electron chi connectivity index (χ1n) is 17.6. The second-order valence-corrected chi connectivity index (χ2v) is 14.3. The van der Waals surface area contributed by atoms with Crippen molar-refractivity contribution in [2.45, 2.75) is 63.8 Å². The Labute approximate surface area is 301 Å². The van der Waals surface area contributed by atoms with Crippen molar-refractivity contribution >= 4 is 28.9 Å². The number of benzene rings is 4. The fourth-order valence-electron chi connectivity index (χ4n) is 8.37. The number of ether oxygens (including phenoxy) is 2. The molecule has 11 heteroatoms. The van der Waals surface area contributed by atoms with Gasteiger partial charge >= 0.3 is 0 Å². The van der Waals surface area contributed by atoms with E-state index >= 15 is 4.39 Å². The predicted molar refractivity (Wildman–Crippen MR) is 193 cm³/mol. The number of hydrogen-bond acceptors (Lipinski definition) is 7. The van der Waals surface area contributed by atoms with E-state index in [2.05, 4.69) is 10.3 Å². The molecule has 0 aliphatic carbocycles. The molecule has 0 radical (unpaired) electrons. The van der Waals surface area contributed by atoms with Crippen molar-refractivity contribution in [2.24, 2.45) is 11.8 Å². The monoisotopic (exact) mass is 701 g/mol. The molecule has 266 valence electrons. The SMILES string of the molecule is C[C@@H]1[C@@H](C(C)(C)F)[C@H](CCn2cc([C@H](O)c3ccccc3)nn2)O[C@@]12C(=O)N(Cc1ccccc1)c1ccc(N3C(=O)COc4ccccc43)cc12. The largest absolute Gasteiger partial charge is 0.482 e. The molecule has 4 aromatic carbocycles. The second kappa shape index (κ2) is 13.0. The number of aromatic nitrogens is 3. The number of anilines is 3. The first-order valence-corrected chi connectivity index (χ1v) is 17.6. The van der Waals surface area contributed by atoms with Gasteiger partial charge in [0.2, 0.25) is 0 Å². The Kier molecular flexibility index (Phi) is 8.42. The molecule has 5 aromatic rings. The first kappa shape index (κ1) is 33.7. The van der Waals surface area contributed by atoms with Crippen molar-refractivity contribution in [1.82, 2.24) is 15.0 Å². The standard InChI is InChI=1S/C41H40FN5O5/c1-26-37(40(2,3)42)35(20-21-45-24-31(43-44-45)38(49)28-14-8-5-9-15-28)52-41(26)30-22-29(47-33-16-10-11-17-34(33)51-25-36(47)48)18-19-32(30)46(39(41)50)23-27-12-6-4-7-13-27/h4-19,22,24,26,35,37-38,49H,20-21,23,25H2,1-3H3/t26-,35+,37-,38-,41+/m1/s1. The van der Waals surface area contributed by atoms with Crippen LogP contribution in [-0.2, 0) is 33.0 Å². The van der Waals surface area contributed by atoms with Crippen LogP contribution < -0.4 is 14.5 Å². The third kappa shape index (κ3) is 5.64. The van der Waals surface area contributed by atoms with Crippen molar-refractivity contribution < 1.29 is 28.6 Å². The quantitative estimate of drug-likeness (QED) is 0.183. The van der Waals surface area contributed by atoms with Crippen molar-refractivity contribution in [3.63, 3.8) is 0 Å². The summed E-state index contributed by atoms with van der Waals surface area (Å²) in [5.74, 6) is -1.19. The average molecular weight is 702 g/mol. The van der Waals surface area contributed by atoms with Crippen LogP contribution in [-0.4, -0.2) is 50.3 Å². The van der Waals surface area contributed by atoms with E-state index in [4.69, 9.17) is 9.47 Å². The summed E-state index contributed by atoms with van der Waals surface area (Å²) in [6.07, 6.45) is 0.401. The molecule has 1 spiro atoms. The van der Waals surface area contributed by atoms with Gasteiger partial charge < -0.3 is 19.5 Å². The number of aliphatic hydroxyl groups is 1. The molecule has 0 bridgehead atoms. The van der Waals surface area contributed by atoms with Crippen LogP contribution in [0.1, 0.15) is 55.7 Å². The van der Waals surface area contributed by atoms with Gasteiger partial charge in [-0.1, -0.05) is 84.9 Å². The molecule has 0 unspecified atom stereocenters. The fraction of sp³-hybridized carbons (Fsp3) is 0.317. The molecule has 52 heavy (non-hydrogen) atoms. The maximum absolute atomic E-state index is 16.4. The molecular formula is C41H40FN5O5.